The fourth-order valence-corrected chi connectivity index (χ4v) is 4.69. The maximum absolute atomic E-state index is 11.7. The summed E-state index contributed by atoms with van der Waals surface area (Å²) in [4.78, 5) is 0. The minimum atomic E-state index is -2.81. The van der Waals surface area contributed by atoms with E-state index in [1.165, 1.54) is 11.1 Å². The van der Waals surface area contributed by atoms with Crippen LogP contribution < -0.4 is 5.32 Å². The summed E-state index contributed by atoms with van der Waals surface area (Å²) in [5.74, 6) is 1.26. The number of aryl methyl sites for hydroxylation is 1. The van der Waals surface area contributed by atoms with E-state index in [0.29, 0.717) is 17.4 Å². The molecule has 1 aliphatic rings. The standard InChI is InChI=1S/C15H23NO2S/c1-3-16-10-15(13-6-4-12(2)5-7-13)14-8-9-19(17,18)11-14/h4-7,14-16H,3,8-11H2,1-2H3. The van der Waals surface area contributed by atoms with Gasteiger partial charge in [0.25, 0.3) is 0 Å². The van der Waals surface area contributed by atoms with Crippen molar-refractivity contribution >= 4 is 9.84 Å². The molecular weight excluding hydrogens is 258 g/mol. The predicted octanol–water partition coefficient (Wildman–Crippen LogP) is 2.12. The first kappa shape index (κ1) is 14.5. The van der Waals surface area contributed by atoms with E-state index < -0.39 is 9.84 Å². The Morgan fingerprint density at radius 1 is 1.32 bits per heavy atom. The summed E-state index contributed by atoms with van der Waals surface area (Å²) < 4.78 is 23.4. The third kappa shape index (κ3) is 3.80. The number of benzene rings is 1. The fourth-order valence-electron chi connectivity index (χ4n) is 2.81. The highest BCUT2D eigenvalue weighted by atomic mass is 32.2. The van der Waals surface area contributed by atoms with Gasteiger partial charge in [-0.2, -0.15) is 0 Å². The highest BCUT2D eigenvalue weighted by molar-refractivity contribution is 7.91. The topological polar surface area (TPSA) is 46.2 Å². The maximum atomic E-state index is 11.7. The molecule has 4 heteroatoms. The van der Waals surface area contributed by atoms with Crippen molar-refractivity contribution in [3.8, 4) is 0 Å². The Bertz CT molecular complexity index is 507. The van der Waals surface area contributed by atoms with Gasteiger partial charge in [0.15, 0.2) is 9.84 Å². The quantitative estimate of drug-likeness (QED) is 0.899. The Labute approximate surface area is 116 Å². The molecule has 0 radical (unpaired) electrons. The number of sulfone groups is 1. The van der Waals surface area contributed by atoms with Crippen LogP contribution in [0.1, 0.15) is 30.4 Å². The van der Waals surface area contributed by atoms with Gasteiger partial charge in [0.1, 0.15) is 0 Å². The normalized spacial score (nSPS) is 23.4. The molecule has 1 N–H and O–H groups in total. The zero-order valence-electron chi connectivity index (χ0n) is 11.7. The number of hydrogen-bond acceptors (Lipinski definition) is 3. The molecule has 2 unspecified atom stereocenters. The fraction of sp³-hybridized carbons (Fsp3) is 0.600. The van der Waals surface area contributed by atoms with Gasteiger partial charge in [-0.05, 0) is 31.4 Å². The summed E-state index contributed by atoms with van der Waals surface area (Å²) in [6.45, 7) is 5.93. The molecule has 3 nitrogen and oxygen atoms in total. The van der Waals surface area contributed by atoms with E-state index in [1.807, 2.05) is 0 Å². The Morgan fingerprint density at radius 3 is 2.53 bits per heavy atom. The van der Waals surface area contributed by atoms with Gasteiger partial charge < -0.3 is 5.32 Å². The molecule has 2 rings (SSSR count). The van der Waals surface area contributed by atoms with Crippen LogP contribution in [-0.2, 0) is 9.84 Å². The second-order valence-corrected chi connectivity index (χ2v) is 7.72. The summed E-state index contributed by atoms with van der Waals surface area (Å²) in [5.41, 5.74) is 2.50. The number of hydrogen-bond donors (Lipinski definition) is 1. The third-order valence-electron chi connectivity index (χ3n) is 3.96. The molecule has 1 saturated heterocycles. The lowest BCUT2D eigenvalue weighted by Crippen LogP contribution is -2.27. The molecule has 1 aromatic carbocycles. The average Bonchev–Trinajstić information content (AvgIpc) is 2.72. The average molecular weight is 281 g/mol. The van der Waals surface area contributed by atoms with Gasteiger partial charge in [0, 0.05) is 12.5 Å². The summed E-state index contributed by atoms with van der Waals surface area (Å²) in [7, 11) is -2.81. The number of nitrogens with one attached hydrogen (secondary N) is 1. The lowest BCUT2D eigenvalue weighted by atomic mass is 9.85. The first-order valence-electron chi connectivity index (χ1n) is 6.99. The van der Waals surface area contributed by atoms with Gasteiger partial charge in [-0.25, -0.2) is 8.42 Å². The molecule has 1 heterocycles. The van der Waals surface area contributed by atoms with E-state index in [1.54, 1.807) is 0 Å². The van der Waals surface area contributed by atoms with Gasteiger partial charge in [-0.15, -0.1) is 0 Å². The van der Waals surface area contributed by atoms with Crippen molar-refractivity contribution in [1.82, 2.24) is 5.32 Å². The van der Waals surface area contributed by atoms with Gasteiger partial charge in [0.2, 0.25) is 0 Å². The van der Waals surface area contributed by atoms with Crippen molar-refractivity contribution in [3.05, 3.63) is 35.4 Å². The summed E-state index contributed by atoms with van der Waals surface area (Å²) in [6.07, 6.45) is 0.798. The second-order valence-electron chi connectivity index (χ2n) is 5.49. The van der Waals surface area contributed by atoms with Crippen LogP contribution in [-0.4, -0.2) is 33.0 Å². The summed E-state index contributed by atoms with van der Waals surface area (Å²) >= 11 is 0. The molecule has 1 aliphatic heterocycles. The molecule has 0 bridgehead atoms. The Kier molecular flexibility index (Phi) is 4.63. The van der Waals surface area contributed by atoms with E-state index in [-0.39, 0.29) is 5.92 Å². The molecule has 0 saturated carbocycles. The molecule has 0 spiro atoms. The first-order chi connectivity index (χ1) is 9.02. The van der Waals surface area contributed by atoms with E-state index >= 15 is 0 Å². The highest BCUT2D eigenvalue weighted by Crippen LogP contribution is 2.33. The second kappa shape index (κ2) is 6.06. The minimum absolute atomic E-state index is 0.256. The lowest BCUT2D eigenvalue weighted by Gasteiger charge is -2.23. The summed E-state index contributed by atoms with van der Waals surface area (Å²) in [5, 5.41) is 3.37. The zero-order chi connectivity index (χ0) is 13.9. The first-order valence-corrected chi connectivity index (χ1v) is 8.81. The summed E-state index contributed by atoms with van der Waals surface area (Å²) in [6, 6.07) is 8.50. The van der Waals surface area contributed by atoms with Crippen molar-refractivity contribution in [3.63, 3.8) is 0 Å². The van der Waals surface area contributed by atoms with E-state index in [2.05, 4.69) is 43.4 Å². The Hall–Kier alpha value is -0.870. The van der Waals surface area contributed by atoms with Crippen molar-refractivity contribution in [1.29, 1.82) is 0 Å². The van der Waals surface area contributed by atoms with Crippen molar-refractivity contribution in [2.24, 2.45) is 5.92 Å². The molecule has 2 atom stereocenters. The van der Waals surface area contributed by atoms with Crippen molar-refractivity contribution in [2.45, 2.75) is 26.2 Å². The molecule has 0 aromatic heterocycles. The van der Waals surface area contributed by atoms with Crippen LogP contribution in [0.5, 0.6) is 0 Å². The molecular formula is C15H23NO2S. The Balaban J connectivity index is 2.18. The van der Waals surface area contributed by atoms with Gasteiger partial charge in [-0.3, -0.25) is 0 Å². The minimum Gasteiger partial charge on any atom is -0.316 e. The molecule has 106 valence electrons. The van der Waals surface area contributed by atoms with Crippen LogP contribution in [0.3, 0.4) is 0 Å². The van der Waals surface area contributed by atoms with E-state index in [0.717, 1.165) is 19.5 Å². The molecule has 1 fully saturated rings. The highest BCUT2D eigenvalue weighted by Gasteiger charge is 2.34. The van der Waals surface area contributed by atoms with Crippen molar-refractivity contribution < 1.29 is 8.42 Å². The maximum Gasteiger partial charge on any atom is 0.150 e. The van der Waals surface area contributed by atoms with Gasteiger partial charge in [-0.1, -0.05) is 36.8 Å². The molecule has 0 aliphatic carbocycles. The third-order valence-corrected chi connectivity index (χ3v) is 5.75. The molecule has 19 heavy (non-hydrogen) atoms. The van der Waals surface area contributed by atoms with E-state index in [4.69, 9.17) is 0 Å². The van der Waals surface area contributed by atoms with Crippen LogP contribution in [0, 0.1) is 12.8 Å². The van der Waals surface area contributed by atoms with Gasteiger partial charge >= 0.3 is 0 Å². The van der Waals surface area contributed by atoms with Crippen molar-refractivity contribution in [2.75, 3.05) is 24.6 Å². The monoisotopic (exact) mass is 281 g/mol. The largest absolute Gasteiger partial charge is 0.316 e. The van der Waals surface area contributed by atoms with Crippen LogP contribution in [0.25, 0.3) is 0 Å². The van der Waals surface area contributed by atoms with Crippen LogP contribution >= 0.6 is 0 Å². The molecule has 0 amide bonds. The SMILES string of the molecule is CCNCC(c1ccc(C)cc1)C1CCS(=O)(=O)C1. The van der Waals surface area contributed by atoms with Gasteiger partial charge in [0.05, 0.1) is 11.5 Å². The lowest BCUT2D eigenvalue weighted by molar-refractivity contribution is 0.443. The van der Waals surface area contributed by atoms with Crippen LogP contribution in [0.2, 0.25) is 0 Å². The Morgan fingerprint density at radius 2 is 2.00 bits per heavy atom. The number of rotatable bonds is 5. The van der Waals surface area contributed by atoms with Crippen LogP contribution in [0.4, 0.5) is 0 Å². The van der Waals surface area contributed by atoms with E-state index in [9.17, 15) is 8.42 Å². The predicted molar refractivity (Wildman–Crippen MR) is 79.2 cm³/mol. The number of likely N-dealkylation sites (N-methyl/N-ethyl adjacent to an activating group) is 1. The molecule has 1 aromatic rings. The zero-order valence-corrected chi connectivity index (χ0v) is 12.5. The van der Waals surface area contributed by atoms with Crippen LogP contribution in [0.15, 0.2) is 24.3 Å². The smallest absolute Gasteiger partial charge is 0.150 e.